The van der Waals surface area contributed by atoms with Crippen molar-refractivity contribution in [1.29, 1.82) is 0 Å². The first-order valence-corrected chi connectivity index (χ1v) is 7.52. The Hall–Kier alpha value is -1.25. The normalized spacial score (nSPS) is 13.5. The molecule has 1 atom stereocenters. The predicted octanol–water partition coefficient (Wildman–Crippen LogP) is 0.300. The van der Waals surface area contributed by atoms with E-state index in [4.69, 9.17) is 0 Å². The van der Waals surface area contributed by atoms with E-state index in [0.29, 0.717) is 18.9 Å². The van der Waals surface area contributed by atoms with E-state index >= 15 is 0 Å². The molecular formula is C11H20N4O3S. The number of nitrogens with one attached hydrogen (secondary N) is 1. The summed E-state index contributed by atoms with van der Waals surface area (Å²) in [6.07, 6.45) is 2.40. The van der Waals surface area contributed by atoms with Crippen LogP contribution in [0.15, 0.2) is 17.3 Å². The molecule has 1 heterocycles. The molecule has 8 heteroatoms. The van der Waals surface area contributed by atoms with Crippen molar-refractivity contribution in [2.75, 3.05) is 25.5 Å². The second-order valence-electron chi connectivity index (χ2n) is 4.24. The summed E-state index contributed by atoms with van der Waals surface area (Å²) >= 11 is 0. The van der Waals surface area contributed by atoms with Crippen molar-refractivity contribution in [2.45, 2.75) is 31.3 Å². The lowest BCUT2D eigenvalue weighted by molar-refractivity contribution is 0.177. The maximum Gasteiger partial charge on any atom is 0.245 e. The van der Waals surface area contributed by atoms with E-state index in [1.165, 1.54) is 23.7 Å². The van der Waals surface area contributed by atoms with Gasteiger partial charge in [-0.05, 0) is 20.3 Å². The first kappa shape index (κ1) is 15.8. The fourth-order valence-electron chi connectivity index (χ4n) is 1.37. The minimum absolute atomic E-state index is 0.0437. The summed E-state index contributed by atoms with van der Waals surface area (Å²) in [5.41, 5.74) is 0. The molecule has 1 unspecified atom stereocenters. The summed E-state index contributed by atoms with van der Waals surface area (Å²) < 4.78 is 25.5. The van der Waals surface area contributed by atoms with Gasteiger partial charge in [0.25, 0.3) is 0 Å². The topological polar surface area (TPSA) is 95.4 Å². The number of hydrogen-bond donors (Lipinski definition) is 2. The molecule has 19 heavy (non-hydrogen) atoms. The van der Waals surface area contributed by atoms with Crippen LogP contribution in [0.5, 0.6) is 0 Å². The molecule has 0 bridgehead atoms. The van der Waals surface area contributed by atoms with Crippen LogP contribution in [-0.2, 0) is 10.0 Å². The molecule has 0 saturated heterocycles. The fraction of sp³-hybridized carbons (Fsp3) is 0.636. The smallest absolute Gasteiger partial charge is 0.245 e. The number of rotatable bonds is 7. The van der Waals surface area contributed by atoms with Crippen molar-refractivity contribution in [3.05, 3.63) is 12.4 Å². The average Bonchev–Trinajstić information content (AvgIpc) is 2.36. The van der Waals surface area contributed by atoms with Crippen LogP contribution in [0, 0.1) is 0 Å². The van der Waals surface area contributed by atoms with E-state index in [-0.39, 0.29) is 11.4 Å². The molecule has 0 aliphatic carbocycles. The Balaban J connectivity index is 2.81. The molecule has 0 fully saturated rings. The standard InChI is InChI=1S/C11H20N4O3S/c1-4-12-11-13-7-10(8-14-11)19(17,18)15(3)6-5-9(2)16/h7-9,16H,4-6H2,1-3H3,(H,12,13,14). The third kappa shape index (κ3) is 4.41. The van der Waals surface area contributed by atoms with Gasteiger partial charge in [0.1, 0.15) is 4.90 Å². The van der Waals surface area contributed by atoms with Crippen molar-refractivity contribution in [3.8, 4) is 0 Å². The van der Waals surface area contributed by atoms with Gasteiger partial charge >= 0.3 is 0 Å². The Morgan fingerprint density at radius 2 is 2.00 bits per heavy atom. The molecule has 0 aromatic carbocycles. The zero-order valence-electron chi connectivity index (χ0n) is 11.4. The summed E-state index contributed by atoms with van der Waals surface area (Å²) in [4.78, 5) is 7.91. The first-order chi connectivity index (χ1) is 8.87. The molecule has 0 aliphatic heterocycles. The minimum atomic E-state index is -3.60. The largest absolute Gasteiger partial charge is 0.393 e. The van der Waals surface area contributed by atoms with Crippen molar-refractivity contribution in [1.82, 2.24) is 14.3 Å². The summed E-state index contributed by atoms with van der Waals surface area (Å²) in [6, 6.07) is 0. The van der Waals surface area contributed by atoms with Crippen molar-refractivity contribution < 1.29 is 13.5 Å². The molecule has 2 N–H and O–H groups in total. The zero-order chi connectivity index (χ0) is 14.5. The Kier molecular flexibility index (Phi) is 5.64. The van der Waals surface area contributed by atoms with Gasteiger partial charge in [0, 0.05) is 20.1 Å². The van der Waals surface area contributed by atoms with Crippen LogP contribution >= 0.6 is 0 Å². The van der Waals surface area contributed by atoms with Gasteiger partial charge in [-0.25, -0.2) is 22.7 Å². The van der Waals surface area contributed by atoms with Crippen LogP contribution in [0.25, 0.3) is 0 Å². The minimum Gasteiger partial charge on any atom is -0.393 e. The quantitative estimate of drug-likeness (QED) is 0.749. The summed E-state index contributed by atoms with van der Waals surface area (Å²) in [7, 11) is -2.13. The van der Waals surface area contributed by atoms with Crippen LogP contribution in [0.2, 0.25) is 0 Å². The molecular weight excluding hydrogens is 268 g/mol. The van der Waals surface area contributed by atoms with Gasteiger partial charge < -0.3 is 10.4 Å². The number of nitrogens with zero attached hydrogens (tertiary/aromatic N) is 3. The van der Waals surface area contributed by atoms with Gasteiger partial charge in [0.2, 0.25) is 16.0 Å². The number of hydrogen-bond acceptors (Lipinski definition) is 6. The lowest BCUT2D eigenvalue weighted by atomic mass is 10.3. The van der Waals surface area contributed by atoms with Crippen molar-refractivity contribution in [3.63, 3.8) is 0 Å². The van der Waals surface area contributed by atoms with Crippen LogP contribution < -0.4 is 5.32 Å². The van der Waals surface area contributed by atoms with Gasteiger partial charge in [0.05, 0.1) is 18.5 Å². The number of sulfonamides is 1. The highest BCUT2D eigenvalue weighted by atomic mass is 32.2. The van der Waals surface area contributed by atoms with Gasteiger partial charge in [-0.2, -0.15) is 0 Å². The highest BCUT2D eigenvalue weighted by Gasteiger charge is 2.21. The third-order valence-electron chi connectivity index (χ3n) is 2.53. The van der Waals surface area contributed by atoms with Gasteiger partial charge in [0.15, 0.2) is 0 Å². The molecule has 7 nitrogen and oxygen atoms in total. The van der Waals surface area contributed by atoms with E-state index < -0.39 is 16.1 Å². The van der Waals surface area contributed by atoms with E-state index in [1.807, 2.05) is 6.92 Å². The highest BCUT2D eigenvalue weighted by molar-refractivity contribution is 7.89. The lowest BCUT2D eigenvalue weighted by Crippen LogP contribution is -2.29. The van der Waals surface area contributed by atoms with Gasteiger partial charge in [-0.1, -0.05) is 0 Å². The number of aliphatic hydroxyl groups is 1. The Morgan fingerprint density at radius 1 is 1.42 bits per heavy atom. The Labute approximate surface area is 113 Å². The molecule has 1 rings (SSSR count). The summed E-state index contributed by atoms with van der Waals surface area (Å²) in [6.45, 7) is 4.43. The molecule has 0 spiro atoms. The monoisotopic (exact) mass is 288 g/mol. The van der Waals surface area contributed by atoms with Crippen LogP contribution in [0.1, 0.15) is 20.3 Å². The Bertz CT molecular complexity index is 487. The second-order valence-corrected chi connectivity index (χ2v) is 6.28. The highest BCUT2D eigenvalue weighted by Crippen LogP contribution is 2.13. The maximum atomic E-state index is 12.2. The molecule has 0 aliphatic rings. The number of aliphatic hydroxyl groups excluding tert-OH is 1. The summed E-state index contributed by atoms with van der Waals surface area (Å²) in [5, 5.41) is 12.1. The van der Waals surface area contributed by atoms with E-state index in [9.17, 15) is 13.5 Å². The second kappa shape index (κ2) is 6.78. The molecule has 0 amide bonds. The average molecular weight is 288 g/mol. The zero-order valence-corrected chi connectivity index (χ0v) is 12.2. The molecule has 108 valence electrons. The predicted molar refractivity (Wildman–Crippen MR) is 72.3 cm³/mol. The van der Waals surface area contributed by atoms with Crippen molar-refractivity contribution in [2.24, 2.45) is 0 Å². The van der Waals surface area contributed by atoms with Crippen LogP contribution in [-0.4, -0.2) is 54.0 Å². The lowest BCUT2D eigenvalue weighted by Gasteiger charge is -2.17. The van der Waals surface area contributed by atoms with E-state index in [2.05, 4.69) is 15.3 Å². The molecule has 0 saturated carbocycles. The number of aromatic nitrogens is 2. The van der Waals surface area contributed by atoms with E-state index in [1.54, 1.807) is 6.92 Å². The van der Waals surface area contributed by atoms with Crippen LogP contribution in [0.3, 0.4) is 0 Å². The molecule has 0 radical (unpaired) electrons. The van der Waals surface area contributed by atoms with E-state index in [0.717, 1.165) is 0 Å². The van der Waals surface area contributed by atoms with Gasteiger partial charge in [-0.15, -0.1) is 0 Å². The maximum absolute atomic E-state index is 12.2. The van der Waals surface area contributed by atoms with Gasteiger partial charge in [-0.3, -0.25) is 0 Å². The molecule has 1 aromatic heterocycles. The van der Waals surface area contributed by atoms with Crippen LogP contribution in [0.4, 0.5) is 5.95 Å². The summed E-state index contributed by atoms with van der Waals surface area (Å²) in [5.74, 6) is 0.396. The third-order valence-corrected chi connectivity index (χ3v) is 4.34. The first-order valence-electron chi connectivity index (χ1n) is 6.08. The molecule has 1 aromatic rings. The Morgan fingerprint density at radius 3 is 2.47 bits per heavy atom. The fourth-order valence-corrected chi connectivity index (χ4v) is 2.45. The van der Waals surface area contributed by atoms with Crippen molar-refractivity contribution >= 4 is 16.0 Å². The number of anilines is 1. The SMILES string of the molecule is CCNc1ncc(S(=O)(=O)N(C)CCC(C)O)cn1.